The molecule has 0 saturated heterocycles. The Morgan fingerprint density at radius 1 is 1.73 bits per heavy atom. The first-order chi connectivity index (χ1) is 4.99. The van der Waals surface area contributed by atoms with E-state index >= 15 is 0 Å². The smallest absolute Gasteiger partial charge is 0.332 e. The summed E-state index contributed by atoms with van der Waals surface area (Å²) < 4.78 is 0. The van der Waals surface area contributed by atoms with Gasteiger partial charge in [0.15, 0.2) is 11.3 Å². The third-order valence-corrected chi connectivity index (χ3v) is 1.75. The van der Waals surface area contributed by atoms with E-state index in [9.17, 15) is 9.59 Å². The summed E-state index contributed by atoms with van der Waals surface area (Å²) in [6, 6.07) is 0. The molecule has 0 aromatic heterocycles. The maximum Gasteiger partial charge on any atom is 0.332 e. The quantitative estimate of drug-likeness (QED) is 0.304. The third-order valence-electron chi connectivity index (χ3n) is 1.26. The van der Waals surface area contributed by atoms with Crippen LogP contribution in [0.15, 0.2) is 12.7 Å². The summed E-state index contributed by atoms with van der Waals surface area (Å²) in [5.74, 6) is -2.37. The van der Waals surface area contributed by atoms with Crippen molar-refractivity contribution in [1.82, 2.24) is 0 Å². The summed E-state index contributed by atoms with van der Waals surface area (Å²) in [4.78, 5) is 21.2. The molecule has 0 heterocycles. The summed E-state index contributed by atoms with van der Waals surface area (Å²) in [5.41, 5.74) is 3.27. The Morgan fingerprint density at radius 3 is 2.27 bits per heavy atom. The first kappa shape index (κ1) is 10.2. The van der Waals surface area contributed by atoms with E-state index in [-0.39, 0.29) is 5.75 Å². The fraction of sp³-hybridized carbons (Fsp3) is 0.333. The summed E-state index contributed by atoms with van der Waals surface area (Å²) in [6.45, 7) is 3.13. The Balaban J connectivity index is 4.73. The molecule has 0 fully saturated rings. The molecule has 0 radical (unpaired) electrons. The number of thiol groups is 1. The van der Waals surface area contributed by atoms with Crippen molar-refractivity contribution < 1.29 is 14.7 Å². The van der Waals surface area contributed by atoms with Crippen molar-refractivity contribution in [2.45, 2.75) is 5.54 Å². The van der Waals surface area contributed by atoms with Gasteiger partial charge in [-0.25, -0.2) is 4.79 Å². The maximum absolute atomic E-state index is 10.8. The van der Waals surface area contributed by atoms with Gasteiger partial charge in [0.2, 0.25) is 0 Å². The third kappa shape index (κ3) is 1.81. The van der Waals surface area contributed by atoms with Crippen molar-refractivity contribution in [3.63, 3.8) is 0 Å². The zero-order valence-corrected chi connectivity index (χ0v) is 6.67. The Bertz CT molecular complexity index is 204. The molecule has 1 atom stereocenters. The molecule has 0 saturated carbocycles. The molecule has 3 N–H and O–H groups in total. The molecule has 62 valence electrons. The van der Waals surface area contributed by atoms with Crippen LogP contribution in [-0.2, 0) is 9.59 Å². The Kier molecular flexibility index (Phi) is 3.28. The Hall–Kier alpha value is -0.810. The summed E-state index contributed by atoms with van der Waals surface area (Å²) >= 11 is 3.66. The summed E-state index contributed by atoms with van der Waals surface area (Å²) in [7, 11) is 0. The zero-order chi connectivity index (χ0) is 9.07. The van der Waals surface area contributed by atoms with Crippen LogP contribution in [0.5, 0.6) is 0 Å². The van der Waals surface area contributed by atoms with Gasteiger partial charge in [0.25, 0.3) is 0 Å². The van der Waals surface area contributed by atoms with Crippen LogP contribution in [0.3, 0.4) is 0 Å². The molecule has 0 rings (SSSR count). The van der Waals surface area contributed by atoms with Gasteiger partial charge in [0.05, 0.1) is 0 Å². The van der Waals surface area contributed by atoms with E-state index in [2.05, 4.69) is 19.2 Å². The molecule has 0 aliphatic rings. The van der Waals surface area contributed by atoms with E-state index in [4.69, 9.17) is 10.8 Å². The van der Waals surface area contributed by atoms with Crippen molar-refractivity contribution in [2.24, 2.45) is 5.73 Å². The van der Waals surface area contributed by atoms with Crippen LogP contribution in [0.25, 0.3) is 0 Å². The number of carboxylic acids is 1. The van der Waals surface area contributed by atoms with E-state index < -0.39 is 17.3 Å². The molecule has 0 bridgehead atoms. The lowest BCUT2D eigenvalue weighted by molar-refractivity contribution is -0.145. The van der Waals surface area contributed by atoms with Gasteiger partial charge in [0.1, 0.15) is 0 Å². The molecule has 0 aromatic carbocycles. The highest BCUT2D eigenvalue weighted by atomic mass is 32.1. The number of ketones is 1. The van der Waals surface area contributed by atoms with Gasteiger partial charge in [-0.1, -0.05) is 6.58 Å². The standard InChI is InChI=1S/C6H9NO3S/c1-2-4(8)6(7,3-11)5(9)10/h2,11H,1,3,7H2,(H,9,10)/t6-/m0/s1. The van der Waals surface area contributed by atoms with Crippen LogP contribution < -0.4 is 5.73 Å². The predicted octanol–water partition coefficient (Wildman–Crippen LogP) is -0.547. The Morgan fingerprint density at radius 2 is 2.18 bits per heavy atom. The van der Waals surface area contributed by atoms with Gasteiger partial charge in [-0.2, -0.15) is 12.6 Å². The summed E-state index contributed by atoms with van der Waals surface area (Å²) in [5, 5.41) is 8.49. The number of carbonyl (C=O) groups excluding carboxylic acids is 1. The van der Waals surface area contributed by atoms with Gasteiger partial charge >= 0.3 is 5.97 Å². The average Bonchev–Trinajstić information content (AvgIpc) is 2.01. The SMILES string of the molecule is C=CC(=O)[C@@](N)(CS)C(=O)O. The Labute approximate surface area is 69.5 Å². The topological polar surface area (TPSA) is 80.4 Å². The molecule has 0 aromatic rings. The van der Waals surface area contributed by atoms with Crippen LogP contribution in [0.2, 0.25) is 0 Å². The van der Waals surface area contributed by atoms with Gasteiger partial charge in [-0.15, -0.1) is 0 Å². The largest absolute Gasteiger partial charge is 0.480 e. The van der Waals surface area contributed by atoms with Crippen LogP contribution in [0, 0.1) is 0 Å². The lowest BCUT2D eigenvalue weighted by Gasteiger charge is -2.17. The van der Waals surface area contributed by atoms with E-state index in [1.807, 2.05) is 0 Å². The van der Waals surface area contributed by atoms with Crippen molar-refractivity contribution in [3.05, 3.63) is 12.7 Å². The molecule has 11 heavy (non-hydrogen) atoms. The highest BCUT2D eigenvalue weighted by molar-refractivity contribution is 7.80. The van der Waals surface area contributed by atoms with Gasteiger partial charge in [0, 0.05) is 5.75 Å². The monoisotopic (exact) mass is 175 g/mol. The van der Waals surface area contributed by atoms with Crippen LogP contribution in [0.4, 0.5) is 0 Å². The first-order valence-corrected chi connectivity index (χ1v) is 3.42. The van der Waals surface area contributed by atoms with E-state index in [0.29, 0.717) is 0 Å². The minimum atomic E-state index is -1.93. The number of rotatable bonds is 4. The van der Waals surface area contributed by atoms with Crippen molar-refractivity contribution in [1.29, 1.82) is 0 Å². The maximum atomic E-state index is 10.8. The highest BCUT2D eigenvalue weighted by Crippen LogP contribution is 2.05. The lowest BCUT2D eigenvalue weighted by atomic mass is 9.98. The van der Waals surface area contributed by atoms with Gasteiger partial charge in [-0.05, 0) is 6.08 Å². The first-order valence-electron chi connectivity index (χ1n) is 2.79. The second-order valence-corrected chi connectivity index (χ2v) is 2.32. The molecular formula is C6H9NO3S. The highest BCUT2D eigenvalue weighted by Gasteiger charge is 2.38. The summed E-state index contributed by atoms with van der Waals surface area (Å²) in [6.07, 6.45) is 0.879. The molecule has 4 nitrogen and oxygen atoms in total. The van der Waals surface area contributed by atoms with Gasteiger partial charge < -0.3 is 10.8 Å². The molecule has 0 aliphatic heterocycles. The fourth-order valence-electron chi connectivity index (χ4n) is 0.433. The van der Waals surface area contributed by atoms with E-state index in [0.717, 1.165) is 6.08 Å². The van der Waals surface area contributed by atoms with E-state index in [1.165, 1.54) is 0 Å². The molecular weight excluding hydrogens is 166 g/mol. The molecule has 5 heteroatoms. The van der Waals surface area contributed by atoms with Gasteiger partial charge in [-0.3, -0.25) is 4.79 Å². The van der Waals surface area contributed by atoms with Crippen LogP contribution in [-0.4, -0.2) is 28.2 Å². The zero-order valence-electron chi connectivity index (χ0n) is 5.78. The number of carbonyl (C=O) groups is 2. The van der Waals surface area contributed by atoms with Crippen LogP contribution >= 0.6 is 12.6 Å². The van der Waals surface area contributed by atoms with Crippen molar-refractivity contribution >= 4 is 24.4 Å². The second kappa shape index (κ2) is 3.54. The number of hydrogen-bond acceptors (Lipinski definition) is 4. The number of aliphatic carboxylic acids is 1. The number of nitrogens with two attached hydrogens (primary N) is 1. The molecule has 0 spiro atoms. The molecule has 0 aliphatic carbocycles. The predicted molar refractivity (Wildman–Crippen MR) is 43.6 cm³/mol. The average molecular weight is 175 g/mol. The van der Waals surface area contributed by atoms with Crippen molar-refractivity contribution in [2.75, 3.05) is 5.75 Å². The molecule has 0 unspecified atom stereocenters. The number of carboxylic acid groups (broad SMARTS) is 1. The van der Waals surface area contributed by atoms with Crippen molar-refractivity contribution in [3.8, 4) is 0 Å². The van der Waals surface area contributed by atoms with E-state index in [1.54, 1.807) is 0 Å². The second-order valence-electron chi connectivity index (χ2n) is 2.00. The lowest BCUT2D eigenvalue weighted by Crippen LogP contribution is -2.56. The minimum absolute atomic E-state index is 0.243. The fourth-order valence-corrected chi connectivity index (χ4v) is 0.724. The minimum Gasteiger partial charge on any atom is -0.480 e. The number of hydrogen-bond donors (Lipinski definition) is 3. The van der Waals surface area contributed by atoms with Crippen LogP contribution in [0.1, 0.15) is 0 Å². The normalized spacial score (nSPS) is 15.1. The molecule has 0 amide bonds.